The Bertz CT molecular complexity index is 1170. The quantitative estimate of drug-likeness (QED) is 0.542. The van der Waals surface area contributed by atoms with Crippen LogP contribution < -0.4 is 10.1 Å². The fourth-order valence-corrected chi connectivity index (χ4v) is 4.34. The van der Waals surface area contributed by atoms with Crippen molar-refractivity contribution >= 4 is 34.3 Å². The maximum absolute atomic E-state index is 12.9. The summed E-state index contributed by atoms with van der Waals surface area (Å²) in [5.74, 6) is 1.62. The molecule has 0 fully saturated rings. The minimum Gasteiger partial charge on any atom is -0.497 e. The monoisotopic (exact) mass is 390 g/mol. The van der Waals surface area contributed by atoms with Crippen LogP contribution in [-0.4, -0.2) is 33.3 Å². The first-order valence-electron chi connectivity index (χ1n) is 8.99. The van der Waals surface area contributed by atoms with Gasteiger partial charge in [0.25, 0.3) is 5.91 Å². The van der Waals surface area contributed by atoms with Gasteiger partial charge in [0.2, 0.25) is 0 Å². The molecule has 28 heavy (non-hydrogen) atoms. The van der Waals surface area contributed by atoms with Crippen LogP contribution >= 0.6 is 11.8 Å². The van der Waals surface area contributed by atoms with Crippen LogP contribution in [0.15, 0.2) is 59.9 Å². The van der Waals surface area contributed by atoms with Gasteiger partial charge in [0.15, 0.2) is 5.16 Å². The van der Waals surface area contributed by atoms with Crippen molar-refractivity contribution in [2.24, 2.45) is 0 Å². The van der Waals surface area contributed by atoms with E-state index in [-0.39, 0.29) is 5.91 Å². The zero-order valence-corrected chi connectivity index (χ0v) is 16.0. The number of nitrogens with one attached hydrogen (secondary N) is 2. The number of aromatic amines is 1. The molecule has 2 N–H and O–H groups in total. The van der Waals surface area contributed by atoms with Crippen molar-refractivity contribution in [1.82, 2.24) is 14.5 Å². The average molecular weight is 390 g/mol. The molecule has 4 aromatic rings. The highest BCUT2D eigenvalue weighted by atomic mass is 32.2. The smallest absolute Gasteiger partial charge is 0.272 e. The molecule has 2 aromatic heterocycles. The zero-order chi connectivity index (χ0) is 19.1. The number of rotatable bonds is 4. The second-order valence-electron chi connectivity index (χ2n) is 6.59. The summed E-state index contributed by atoms with van der Waals surface area (Å²) < 4.78 is 7.40. The highest BCUT2D eigenvalue weighted by Crippen LogP contribution is 2.32. The van der Waals surface area contributed by atoms with Crippen LogP contribution in [0.25, 0.3) is 22.2 Å². The molecule has 0 atom stereocenters. The number of carbonyl (C=O) groups is 1. The van der Waals surface area contributed by atoms with Gasteiger partial charge in [0, 0.05) is 41.0 Å². The number of H-pyrrole nitrogens is 1. The van der Waals surface area contributed by atoms with Gasteiger partial charge in [-0.1, -0.05) is 30.0 Å². The van der Waals surface area contributed by atoms with Crippen LogP contribution in [0.5, 0.6) is 5.75 Å². The Morgan fingerprint density at radius 3 is 3.00 bits per heavy atom. The maximum atomic E-state index is 12.9. The third kappa shape index (κ3) is 2.93. The summed E-state index contributed by atoms with van der Waals surface area (Å²) in [6, 6.07) is 15.3. The first kappa shape index (κ1) is 16.9. The first-order valence-corrected chi connectivity index (χ1v) is 9.97. The van der Waals surface area contributed by atoms with E-state index < -0.39 is 0 Å². The largest absolute Gasteiger partial charge is 0.497 e. The summed E-state index contributed by atoms with van der Waals surface area (Å²) in [5, 5.41) is 5.01. The van der Waals surface area contributed by atoms with Crippen molar-refractivity contribution in [1.29, 1.82) is 0 Å². The summed E-state index contributed by atoms with van der Waals surface area (Å²) in [6.45, 7) is 0.972. The minimum absolute atomic E-state index is 0.191. The van der Waals surface area contributed by atoms with E-state index in [9.17, 15) is 4.79 Å². The van der Waals surface area contributed by atoms with E-state index in [1.807, 2.05) is 48.5 Å². The Balaban J connectivity index is 1.45. The summed E-state index contributed by atoms with van der Waals surface area (Å²) >= 11 is 1.75. The predicted molar refractivity (Wildman–Crippen MR) is 111 cm³/mol. The van der Waals surface area contributed by atoms with Crippen LogP contribution in [0, 0.1) is 0 Å². The Kier molecular flexibility index (Phi) is 4.09. The van der Waals surface area contributed by atoms with Crippen LogP contribution in [0.3, 0.4) is 0 Å². The summed E-state index contributed by atoms with van der Waals surface area (Å²) in [7, 11) is 1.62. The topological polar surface area (TPSA) is 71.9 Å². The van der Waals surface area contributed by atoms with Gasteiger partial charge in [-0.15, -0.1) is 0 Å². The van der Waals surface area contributed by atoms with Crippen LogP contribution in [0.4, 0.5) is 5.69 Å². The molecular formula is C21H18N4O2S. The Hall–Kier alpha value is -3.19. The molecule has 1 amide bonds. The van der Waals surface area contributed by atoms with Crippen molar-refractivity contribution in [3.05, 3.63) is 60.4 Å². The van der Waals surface area contributed by atoms with Crippen LogP contribution in [0.1, 0.15) is 10.5 Å². The fraction of sp³-hybridized carbons (Fsp3) is 0.143. The third-order valence-electron chi connectivity index (χ3n) is 4.83. The second kappa shape index (κ2) is 6.76. The van der Waals surface area contributed by atoms with Crippen molar-refractivity contribution in [2.75, 3.05) is 18.2 Å². The molecule has 7 heteroatoms. The van der Waals surface area contributed by atoms with Gasteiger partial charge in [-0.3, -0.25) is 4.79 Å². The van der Waals surface area contributed by atoms with Crippen molar-refractivity contribution in [2.45, 2.75) is 11.7 Å². The lowest BCUT2D eigenvalue weighted by molar-refractivity contribution is 0.102. The molecular weight excluding hydrogens is 372 g/mol. The van der Waals surface area contributed by atoms with E-state index in [4.69, 9.17) is 9.72 Å². The highest BCUT2D eigenvalue weighted by molar-refractivity contribution is 7.99. The normalized spacial score (nSPS) is 12.9. The number of thioether (sulfide) groups is 1. The lowest BCUT2D eigenvalue weighted by Crippen LogP contribution is -2.13. The number of hydrogen-bond acceptors (Lipinski definition) is 4. The number of hydrogen-bond donors (Lipinski definition) is 2. The van der Waals surface area contributed by atoms with Crippen molar-refractivity contribution < 1.29 is 9.53 Å². The molecule has 0 radical (unpaired) electrons. The number of methoxy groups -OCH3 is 1. The van der Waals surface area contributed by atoms with Gasteiger partial charge in [-0.25, -0.2) is 4.98 Å². The number of aryl methyl sites for hydroxylation is 1. The number of fused-ring (bicyclic) bond motifs is 2. The first-order chi connectivity index (χ1) is 13.7. The lowest BCUT2D eigenvalue weighted by atomic mass is 10.1. The Labute approximate surface area is 165 Å². The van der Waals surface area contributed by atoms with Crippen LogP contribution in [-0.2, 0) is 6.54 Å². The summed E-state index contributed by atoms with van der Waals surface area (Å²) in [4.78, 5) is 20.7. The summed E-state index contributed by atoms with van der Waals surface area (Å²) in [6.07, 6.45) is 2.05. The number of para-hydroxylation sites is 1. The highest BCUT2D eigenvalue weighted by Gasteiger charge is 2.18. The van der Waals surface area contributed by atoms with Crippen molar-refractivity contribution in [3.8, 4) is 17.0 Å². The number of ether oxygens (including phenoxy) is 1. The summed E-state index contributed by atoms with van der Waals surface area (Å²) in [5.41, 5.74) is 3.89. The molecule has 1 aliphatic rings. The zero-order valence-electron chi connectivity index (χ0n) is 15.2. The van der Waals surface area contributed by atoms with Gasteiger partial charge in [0.05, 0.1) is 18.5 Å². The number of benzene rings is 2. The molecule has 2 aromatic carbocycles. The predicted octanol–water partition coefficient (Wildman–Crippen LogP) is 4.40. The molecule has 0 saturated heterocycles. The van der Waals surface area contributed by atoms with Crippen LogP contribution in [0.2, 0.25) is 0 Å². The van der Waals surface area contributed by atoms with Gasteiger partial charge >= 0.3 is 0 Å². The maximum Gasteiger partial charge on any atom is 0.272 e. The fourth-order valence-electron chi connectivity index (χ4n) is 3.40. The van der Waals surface area contributed by atoms with Crippen molar-refractivity contribution in [3.63, 3.8) is 0 Å². The van der Waals surface area contributed by atoms with Gasteiger partial charge in [-0.2, -0.15) is 0 Å². The van der Waals surface area contributed by atoms with E-state index in [1.165, 1.54) is 0 Å². The molecule has 0 aliphatic carbocycles. The number of imidazole rings is 1. The lowest BCUT2D eigenvalue weighted by Gasteiger charge is -2.09. The van der Waals surface area contributed by atoms with Gasteiger partial charge in [-0.05, 0) is 24.3 Å². The third-order valence-corrected chi connectivity index (χ3v) is 5.80. The van der Waals surface area contributed by atoms with E-state index >= 15 is 0 Å². The van der Waals surface area contributed by atoms with E-state index in [0.29, 0.717) is 5.69 Å². The molecule has 3 heterocycles. The molecule has 0 bridgehead atoms. The van der Waals surface area contributed by atoms with Gasteiger partial charge < -0.3 is 19.6 Å². The molecule has 0 saturated carbocycles. The Morgan fingerprint density at radius 1 is 1.25 bits per heavy atom. The average Bonchev–Trinajstić information content (AvgIpc) is 3.42. The van der Waals surface area contributed by atoms with Gasteiger partial charge in [0.1, 0.15) is 11.4 Å². The molecule has 140 valence electrons. The molecule has 6 nitrogen and oxygen atoms in total. The molecule has 5 rings (SSSR count). The minimum atomic E-state index is -0.191. The SMILES string of the molecule is COc1ccc2cc(C(=O)Nc3ccccc3-c3cn4c(n3)SCC4)[nH]c2c1. The van der Waals surface area contributed by atoms with E-state index in [1.54, 1.807) is 18.9 Å². The van der Waals surface area contributed by atoms with E-state index in [0.717, 1.165) is 51.1 Å². The second-order valence-corrected chi connectivity index (χ2v) is 7.65. The number of amides is 1. The van der Waals surface area contributed by atoms with E-state index in [2.05, 4.69) is 21.1 Å². The molecule has 1 aliphatic heterocycles. The number of anilines is 1. The molecule has 0 unspecified atom stereocenters. The molecule has 0 spiro atoms. The Morgan fingerprint density at radius 2 is 2.14 bits per heavy atom. The number of carbonyl (C=O) groups excluding carboxylic acids is 1. The number of aromatic nitrogens is 3. The standard InChI is InChI=1S/C21H18N4O2S/c1-27-14-7-6-13-10-18(22-17(13)11-14)20(26)23-16-5-3-2-4-15(16)19-12-25-8-9-28-21(25)24-19/h2-7,10-12,22H,8-9H2,1H3,(H,23,26). The number of nitrogens with zero attached hydrogens (tertiary/aromatic N) is 2.